The van der Waals surface area contributed by atoms with Gasteiger partial charge in [-0.05, 0) is 23.0 Å². The molecule has 0 atom stereocenters. The van der Waals surface area contributed by atoms with Crippen LogP contribution in [-0.2, 0) is 14.3 Å². The number of ether oxygens (including phenoxy) is 1. The molecule has 5 heteroatoms. The summed E-state index contributed by atoms with van der Waals surface area (Å²) in [4.78, 5) is 23.9. The molecule has 0 radical (unpaired) electrons. The van der Waals surface area contributed by atoms with E-state index in [1.54, 1.807) is 7.11 Å². The molecule has 1 aromatic carbocycles. The van der Waals surface area contributed by atoms with Gasteiger partial charge in [0.15, 0.2) is 0 Å². The van der Waals surface area contributed by atoms with Crippen molar-refractivity contribution in [3.8, 4) is 0 Å². The second-order valence-corrected chi connectivity index (χ2v) is 5.82. The number of rotatable bonds is 6. The van der Waals surface area contributed by atoms with Crippen LogP contribution in [0.2, 0.25) is 0 Å². The largest absolute Gasteiger partial charge is 0.383 e. The van der Waals surface area contributed by atoms with E-state index in [1.165, 1.54) is 0 Å². The highest BCUT2D eigenvalue weighted by Gasteiger charge is 2.19. The molecule has 0 aromatic heterocycles. The SMILES string of the molecule is COCCNC(=O)C(=O)Nc1c(C(C)C)cccc1C(C)C. The lowest BCUT2D eigenvalue weighted by Gasteiger charge is -2.20. The quantitative estimate of drug-likeness (QED) is 0.627. The zero-order valence-electron chi connectivity index (χ0n) is 14.0. The minimum atomic E-state index is -0.648. The van der Waals surface area contributed by atoms with E-state index in [0.717, 1.165) is 16.8 Å². The van der Waals surface area contributed by atoms with Crippen LogP contribution >= 0.6 is 0 Å². The lowest BCUT2D eigenvalue weighted by atomic mass is 9.92. The van der Waals surface area contributed by atoms with E-state index in [0.29, 0.717) is 13.2 Å². The Morgan fingerprint density at radius 2 is 1.59 bits per heavy atom. The number of carbonyl (C=O) groups is 2. The predicted molar refractivity (Wildman–Crippen MR) is 88.1 cm³/mol. The van der Waals surface area contributed by atoms with Gasteiger partial charge in [0.25, 0.3) is 0 Å². The van der Waals surface area contributed by atoms with Crippen molar-refractivity contribution in [2.75, 3.05) is 25.6 Å². The number of benzene rings is 1. The molecule has 0 saturated carbocycles. The van der Waals surface area contributed by atoms with Crippen LogP contribution in [0.1, 0.15) is 50.7 Å². The van der Waals surface area contributed by atoms with Gasteiger partial charge in [-0.2, -0.15) is 0 Å². The number of amides is 2. The van der Waals surface area contributed by atoms with Crippen LogP contribution in [0.5, 0.6) is 0 Å². The first-order valence-corrected chi connectivity index (χ1v) is 7.59. The molecule has 22 heavy (non-hydrogen) atoms. The zero-order valence-corrected chi connectivity index (χ0v) is 14.0. The summed E-state index contributed by atoms with van der Waals surface area (Å²) in [6, 6.07) is 5.95. The fourth-order valence-electron chi connectivity index (χ4n) is 2.21. The van der Waals surface area contributed by atoms with Gasteiger partial charge < -0.3 is 15.4 Å². The van der Waals surface area contributed by atoms with Crippen molar-refractivity contribution in [2.24, 2.45) is 0 Å². The van der Waals surface area contributed by atoms with Crippen molar-refractivity contribution in [3.63, 3.8) is 0 Å². The van der Waals surface area contributed by atoms with E-state index in [1.807, 2.05) is 18.2 Å². The van der Waals surface area contributed by atoms with Crippen LogP contribution < -0.4 is 10.6 Å². The van der Waals surface area contributed by atoms with Gasteiger partial charge in [-0.25, -0.2) is 0 Å². The Bertz CT molecular complexity index is 498. The van der Waals surface area contributed by atoms with E-state index in [-0.39, 0.29) is 11.8 Å². The number of para-hydroxylation sites is 1. The molecular weight excluding hydrogens is 280 g/mol. The van der Waals surface area contributed by atoms with E-state index in [2.05, 4.69) is 38.3 Å². The molecule has 0 spiro atoms. The van der Waals surface area contributed by atoms with Crippen molar-refractivity contribution in [1.29, 1.82) is 0 Å². The molecule has 122 valence electrons. The number of nitrogens with one attached hydrogen (secondary N) is 2. The second kappa shape index (κ2) is 8.54. The molecule has 1 aromatic rings. The van der Waals surface area contributed by atoms with Gasteiger partial charge in [0, 0.05) is 19.3 Å². The van der Waals surface area contributed by atoms with Crippen molar-refractivity contribution in [1.82, 2.24) is 5.32 Å². The summed E-state index contributed by atoms with van der Waals surface area (Å²) in [5.74, 6) is -0.785. The van der Waals surface area contributed by atoms with Crippen LogP contribution in [-0.4, -0.2) is 32.1 Å². The lowest BCUT2D eigenvalue weighted by molar-refractivity contribution is -0.136. The summed E-state index contributed by atoms with van der Waals surface area (Å²) in [5, 5.41) is 5.30. The second-order valence-electron chi connectivity index (χ2n) is 5.82. The highest BCUT2D eigenvalue weighted by Crippen LogP contribution is 2.32. The molecule has 2 N–H and O–H groups in total. The summed E-state index contributed by atoms with van der Waals surface area (Å²) in [6.07, 6.45) is 0. The fraction of sp³-hybridized carbons (Fsp3) is 0.529. The van der Waals surface area contributed by atoms with Crippen molar-refractivity contribution < 1.29 is 14.3 Å². The van der Waals surface area contributed by atoms with Gasteiger partial charge in [0.1, 0.15) is 0 Å². The molecule has 0 bridgehead atoms. The Hall–Kier alpha value is -1.88. The highest BCUT2D eigenvalue weighted by atomic mass is 16.5. The maximum atomic E-state index is 12.1. The van der Waals surface area contributed by atoms with Gasteiger partial charge in [-0.3, -0.25) is 9.59 Å². The van der Waals surface area contributed by atoms with Gasteiger partial charge >= 0.3 is 11.8 Å². The first-order chi connectivity index (χ1) is 10.4. The van der Waals surface area contributed by atoms with Gasteiger partial charge in [-0.15, -0.1) is 0 Å². The number of carbonyl (C=O) groups excluding carboxylic acids is 2. The summed E-state index contributed by atoms with van der Waals surface area (Å²) < 4.78 is 4.84. The molecule has 0 unspecified atom stereocenters. The van der Waals surface area contributed by atoms with Crippen LogP contribution in [0.3, 0.4) is 0 Å². The average molecular weight is 306 g/mol. The summed E-state index contributed by atoms with van der Waals surface area (Å²) in [5.41, 5.74) is 2.81. The van der Waals surface area contributed by atoms with Crippen LogP contribution in [0.4, 0.5) is 5.69 Å². The normalized spacial score (nSPS) is 10.9. The molecule has 2 amide bonds. The summed E-state index contributed by atoms with van der Waals surface area (Å²) in [7, 11) is 1.54. The molecule has 0 heterocycles. The summed E-state index contributed by atoms with van der Waals surface area (Å²) in [6.45, 7) is 8.94. The van der Waals surface area contributed by atoms with Crippen molar-refractivity contribution >= 4 is 17.5 Å². The number of anilines is 1. The molecule has 1 rings (SSSR count). The first kappa shape index (κ1) is 18.2. The molecule has 0 fully saturated rings. The van der Waals surface area contributed by atoms with E-state index >= 15 is 0 Å². The van der Waals surface area contributed by atoms with Crippen LogP contribution in [0, 0.1) is 0 Å². The van der Waals surface area contributed by atoms with Crippen LogP contribution in [0.15, 0.2) is 18.2 Å². The Morgan fingerprint density at radius 3 is 2.05 bits per heavy atom. The topological polar surface area (TPSA) is 67.4 Å². The van der Waals surface area contributed by atoms with Crippen molar-refractivity contribution in [3.05, 3.63) is 29.3 Å². The molecule has 0 aliphatic carbocycles. The predicted octanol–water partition coefficient (Wildman–Crippen LogP) is 2.63. The van der Waals surface area contributed by atoms with E-state index in [4.69, 9.17) is 4.74 Å². The monoisotopic (exact) mass is 306 g/mol. The highest BCUT2D eigenvalue weighted by molar-refractivity contribution is 6.39. The van der Waals surface area contributed by atoms with E-state index in [9.17, 15) is 9.59 Å². The maximum absolute atomic E-state index is 12.1. The molecule has 0 aliphatic heterocycles. The summed E-state index contributed by atoms with van der Waals surface area (Å²) >= 11 is 0. The average Bonchev–Trinajstić information content (AvgIpc) is 2.46. The minimum Gasteiger partial charge on any atom is -0.383 e. The van der Waals surface area contributed by atoms with Gasteiger partial charge in [0.05, 0.1) is 6.61 Å². The standard InChI is InChI=1S/C17H26N2O3/c1-11(2)13-7-6-8-14(12(3)4)15(13)19-17(21)16(20)18-9-10-22-5/h6-8,11-12H,9-10H2,1-5H3,(H,18,20)(H,19,21). The van der Waals surface area contributed by atoms with Crippen molar-refractivity contribution in [2.45, 2.75) is 39.5 Å². The fourth-order valence-corrected chi connectivity index (χ4v) is 2.21. The first-order valence-electron chi connectivity index (χ1n) is 7.59. The molecule has 5 nitrogen and oxygen atoms in total. The number of methoxy groups -OCH3 is 1. The van der Waals surface area contributed by atoms with E-state index < -0.39 is 11.8 Å². The van der Waals surface area contributed by atoms with Gasteiger partial charge in [-0.1, -0.05) is 45.9 Å². The lowest BCUT2D eigenvalue weighted by Crippen LogP contribution is -2.37. The molecule has 0 saturated heterocycles. The third kappa shape index (κ3) is 4.84. The maximum Gasteiger partial charge on any atom is 0.313 e. The third-order valence-electron chi connectivity index (χ3n) is 3.41. The Labute approximate surface area is 132 Å². The third-order valence-corrected chi connectivity index (χ3v) is 3.41. The number of hydrogen-bond acceptors (Lipinski definition) is 3. The zero-order chi connectivity index (χ0) is 16.7. The molecular formula is C17H26N2O3. The molecule has 0 aliphatic rings. The Kier molecular flexibility index (Phi) is 7.05. The van der Waals surface area contributed by atoms with Gasteiger partial charge in [0.2, 0.25) is 0 Å². The smallest absolute Gasteiger partial charge is 0.313 e. The number of hydrogen-bond donors (Lipinski definition) is 2. The Balaban J connectivity index is 2.95. The van der Waals surface area contributed by atoms with Crippen LogP contribution in [0.25, 0.3) is 0 Å². The minimum absolute atomic E-state index is 0.255. The Morgan fingerprint density at radius 1 is 1.05 bits per heavy atom.